The number of hydrogen-bond acceptors (Lipinski definition) is 4. The van der Waals surface area contributed by atoms with Gasteiger partial charge in [-0.2, -0.15) is 0 Å². The molecule has 1 saturated heterocycles. The Labute approximate surface area is 90.7 Å². The first-order chi connectivity index (χ1) is 7.18. The zero-order chi connectivity index (χ0) is 10.8. The van der Waals surface area contributed by atoms with Gasteiger partial charge in [0.2, 0.25) is 0 Å². The summed E-state index contributed by atoms with van der Waals surface area (Å²) in [5.41, 5.74) is 6.95. The second kappa shape index (κ2) is 4.06. The highest BCUT2D eigenvalue weighted by Crippen LogP contribution is 2.24. The van der Waals surface area contributed by atoms with Crippen LogP contribution in [0.1, 0.15) is 6.92 Å². The first-order valence-electron chi connectivity index (χ1n) is 5.34. The molecule has 1 atom stereocenters. The number of nitrogens with zero attached hydrogens (tertiary/aromatic N) is 3. The van der Waals surface area contributed by atoms with Crippen molar-refractivity contribution in [1.29, 1.82) is 0 Å². The number of aromatic nitrogens is 1. The molecule has 2 heterocycles. The minimum atomic E-state index is 0.496. The monoisotopic (exact) mass is 206 g/mol. The minimum Gasteiger partial charge on any atom is -0.382 e. The molecular formula is C11H18N4. The average Bonchev–Trinajstić information content (AvgIpc) is 2.20. The van der Waals surface area contributed by atoms with Crippen LogP contribution in [0.25, 0.3) is 0 Å². The second-order valence-corrected chi connectivity index (χ2v) is 4.21. The quantitative estimate of drug-likeness (QED) is 0.738. The Bertz CT molecular complexity index is 339. The summed E-state index contributed by atoms with van der Waals surface area (Å²) in [7, 11) is 2.15. The van der Waals surface area contributed by atoms with E-state index < -0.39 is 0 Å². The fourth-order valence-electron chi connectivity index (χ4n) is 2.15. The smallest absolute Gasteiger partial charge is 0.146 e. The molecule has 1 aromatic rings. The van der Waals surface area contributed by atoms with Crippen molar-refractivity contribution in [2.24, 2.45) is 0 Å². The summed E-state index contributed by atoms with van der Waals surface area (Å²) in [4.78, 5) is 8.81. The van der Waals surface area contributed by atoms with Gasteiger partial charge in [0.1, 0.15) is 5.82 Å². The molecule has 1 aromatic heterocycles. The predicted octanol–water partition coefficient (Wildman–Crippen LogP) is 0.804. The molecule has 0 amide bonds. The molecule has 0 saturated carbocycles. The molecule has 0 bridgehead atoms. The van der Waals surface area contributed by atoms with Crippen LogP contribution in [0, 0.1) is 0 Å². The Hall–Kier alpha value is -1.29. The Morgan fingerprint density at radius 1 is 1.47 bits per heavy atom. The maximum atomic E-state index is 5.88. The highest BCUT2D eigenvalue weighted by Gasteiger charge is 2.22. The number of nitrogens with two attached hydrogens (primary N) is 1. The summed E-state index contributed by atoms with van der Waals surface area (Å²) in [6, 6.07) is 4.48. The van der Waals surface area contributed by atoms with E-state index in [4.69, 9.17) is 5.73 Å². The lowest BCUT2D eigenvalue weighted by Crippen LogP contribution is -2.50. The summed E-state index contributed by atoms with van der Waals surface area (Å²) in [6.07, 6.45) is 1.74. The van der Waals surface area contributed by atoms with Crippen molar-refractivity contribution in [1.82, 2.24) is 9.88 Å². The predicted molar refractivity (Wildman–Crippen MR) is 63.0 cm³/mol. The molecule has 1 aliphatic heterocycles. The van der Waals surface area contributed by atoms with Crippen molar-refractivity contribution in [3.05, 3.63) is 18.3 Å². The summed E-state index contributed by atoms with van der Waals surface area (Å²) < 4.78 is 0. The zero-order valence-electron chi connectivity index (χ0n) is 9.35. The van der Waals surface area contributed by atoms with E-state index in [1.807, 2.05) is 12.1 Å². The number of rotatable bonds is 1. The van der Waals surface area contributed by atoms with E-state index in [1.54, 1.807) is 6.20 Å². The van der Waals surface area contributed by atoms with Gasteiger partial charge in [0.15, 0.2) is 0 Å². The molecule has 0 aromatic carbocycles. The molecule has 82 valence electrons. The topological polar surface area (TPSA) is 45.4 Å². The largest absolute Gasteiger partial charge is 0.382 e. The molecule has 0 aliphatic carbocycles. The molecule has 4 nitrogen and oxygen atoms in total. The van der Waals surface area contributed by atoms with Crippen LogP contribution in [0.5, 0.6) is 0 Å². The molecule has 2 rings (SSSR count). The number of anilines is 2. The molecule has 15 heavy (non-hydrogen) atoms. The van der Waals surface area contributed by atoms with Crippen LogP contribution in [-0.2, 0) is 0 Å². The number of pyridine rings is 1. The lowest BCUT2D eigenvalue weighted by atomic mass is 10.1. The number of nitrogen functional groups attached to an aromatic ring is 1. The van der Waals surface area contributed by atoms with E-state index in [1.165, 1.54) is 0 Å². The van der Waals surface area contributed by atoms with Gasteiger partial charge < -0.3 is 15.5 Å². The lowest BCUT2D eigenvalue weighted by molar-refractivity contribution is 0.275. The maximum absolute atomic E-state index is 5.88. The minimum absolute atomic E-state index is 0.496. The Balaban J connectivity index is 2.20. The van der Waals surface area contributed by atoms with Crippen molar-refractivity contribution < 1.29 is 0 Å². The molecule has 1 fully saturated rings. The standard InChI is InChI=1S/C11H18N4/c1-9-8-14(2)6-7-15(9)10-4-3-5-13-11(10)12/h3-5,9H,6-8H2,1-2H3,(H2,12,13). The maximum Gasteiger partial charge on any atom is 0.146 e. The van der Waals surface area contributed by atoms with Gasteiger partial charge in [-0.15, -0.1) is 0 Å². The van der Waals surface area contributed by atoms with E-state index in [-0.39, 0.29) is 0 Å². The lowest BCUT2D eigenvalue weighted by Gasteiger charge is -2.39. The average molecular weight is 206 g/mol. The molecule has 1 unspecified atom stereocenters. The third-order valence-electron chi connectivity index (χ3n) is 2.96. The van der Waals surface area contributed by atoms with Crippen molar-refractivity contribution in [3.8, 4) is 0 Å². The van der Waals surface area contributed by atoms with Gasteiger partial charge in [-0.25, -0.2) is 4.98 Å². The van der Waals surface area contributed by atoms with Gasteiger partial charge in [0.25, 0.3) is 0 Å². The van der Waals surface area contributed by atoms with E-state index in [2.05, 4.69) is 28.8 Å². The van der Waals surface area contributed by atoms with Gasteiger partial charge in [0.05, 0.1) is 5.69 Å². The van der Waals surface area contributed by atoms with E-state index in [0.717, 1.165) is 25.3 Å². The Kier molecular flexibility index (Phi) is 2.77. The van der Waals surface area contributed by atoms with Gasteiger partial charge in [-0.1, -0.05) is 0 Å². The Morgan fingerprint density at radius 3 is 2.93 bits per heavy atom. The van der Waals surface area contributed by atoms with Crippen molar-refractivity contribution >= 4 is 11.5 Å². The fraction of sp³-hybridized carbons (Fsp3) is 0.545. The molecular weight excluding hydrogens is 188 g/mol. The van der Waals surface area contributed by atoms with E-state index in [0.29, 0.717) is 11.9 Å². The van der Waals surface area contributed by atoms with Gasteiger partial charge in [-0.3, -0.25) is 0 Å². The molecule has 4 heteroatoms. The van der Waals surface area contributed by atoms with Crippen LogP contribution >= 0.6 is 0 Å². The van der Waals surface area contributed by atoms with Crippen molar-refractivity contribution in [2.45, 2.75) is 13.0 Å². The Morgan fingerprint density at radius 2 is 2.27 bits per heavy atom. The SMILES string of the molecule is CC1CN(C)CCN1c1cccnc1N. The van der Waals surface area contributed by atoms with Crippen LogP contribution in [0.4, 0.5) is 11.5 Å². The van der Waals surface area contributed by atoms with Crippen LogP contribution < -0.4 is 10.6 Å². The normalized spacial score (nSPS) is 23.1. The number of hydrogen-bond donors (Lipinski definition) is 1. The van der Waals surface area contributed by atoms with Crippen LogP contribution in [0.15, 0.2) is 18.3 Å². The van der Waals surface area contributed by atoms with E-state index in [9.17, 15) is 0 Å². The first kappa shape index (κ1) is 10.2. The zero-order valence-corrected chi connectivity index (χ0v) is 9.35. The summed E-state index contributed by atoms with van der Waals surface area (Å²) >= 11 is 0. The van der Waals surface area contributed by atoms with Gasteiger partial charge in [0, 0.05) is 31.9 Å². The van der Waals surface area contributed by atoms with Crippen LogP contribution in [0.3, 0.4) is 0 Å². The fourth-order valence-corrected chi connectivity index (χ4v) is 2.15. The summed E-state index contributed by atoms with van der Waals surface area (Å²) in [5, 5.41) is 0. The van der Waals surface area contributed by atoms with Crippen LogP contribution in [-0.4, -0.2) is 42.6 Å². The van der Waals surface area contributed by atoms with E-state index >= 15 is 0 Å². The highest BCUT2D eigenvalue weighted by atomic mass is 15.3. The van der Waals surface area contributed by atoms with Crippen molar-refractivity contribution in [3.63, 3.8) is 0 Å². The third-order valence-corrected chi connectivity index (χ3v) is 2.96. The summed E-state index contributed by atoms with van der Waals surface area (Å²) in [5.74, 6) is 0.633. The van der Waals surface area contributed by atoms with Crippen molar-refractivity contribution in [2.75, 3.05) is 37.3 Å². The highest BCUT2D eigenvalue weighted by molar-refractivity contribution is 5.63. The summed E-state index contributed by atoms with van der Waals surface area (Å²) in [6.45, 7) is 5.41. The number of piperazine rings is 1. The third kappa shape index (κ3) is 2.04. The van der Waals surface area contributed by atoms with Gasteiger partial charge in [-0.05, 0) is 26.1 Å². The molecule has 1 aliphatic rings. The molecule has 0 spiro atoms. The molecule has 2 N–H and O–H groups in total. The molecule has 0 radical (unpaired) electrons. The second-order valence-electron chi connectivity index (χ2n) is 4.21. The first-order valence-corrected chi connectivity index (χ1v) is 5.34. The van der Waals surface area contributed by atoms with Crippen LogP contribution in [0.2, 0.25) is 0 Å². The number of likely N-dealkylation sites (N-methyl/N-ethyl adjacent to an activating group) is 1. The van der Waals surface area contributed by atoms with Gasteiger partial charge >= 0.3 is 0 Å².